The predicted molar refractivity (Wildman–Crippen MR) is 53.4 cm³/mol. The van der Waals surface area contributed by atoms with E-state index >= 15 is 0 Å². The molecule has 0 spiro atoms. The zero-order chi connectivity index (χ0) is 10.3. The molecule has 0 fully saturated rings. The number of aryl methyl sites for hydroxylation is 1. The quantitative estimate of drug-likeness (QED) is 0.851. The van der Waals surface area contributed by atoms with Crippen LogP contribution < -0.4 is 0 Å². The Kier molecular flexibility index (Phi) is 2.03. The summed E-state index contributed by atoms with van der Waals surface area (Å²) in [5.74, 6) is -1.18. The molecule has 14 heavy (non-hydrogen) atoms. The molecule has 1 N–H and O–H groups in total. The minimum atomic E-state index is -1.09. The highest BCUT2D eigenvalue weighted by Crippen LogP contribution is 2.31. The van der Waals surface area contributed by atoms with Gasteiger partial charge in [0.05, 0.1) is 10.2 Å². The Morgan fingerprint density at radius 2 is 2.36 bits per heavy atom. The van der Waals surface area contributed by atoms with Crippen molar-refractivity contribution in [2.45, 2.75) is 6.92 Å². The van der Waals surface area contributed by atoms with Crippen LogP contribution in [0, 0.1) is 6.92 Å². The summed E-state index contributed by atoms with van der Waals surface area (Å²) in [7, 11) is 0. The number of aromatic nitrogens is 1. The average Bonchev–Trinajstić information content (AvgIpc) is 2.46. The van der Waals surface area contributed by atoms with Crippen LogP contribution >= 0.6 is 15.9 Å². The second-order valence-electron chi connectivity index (χ2n) is 2.82. The van der Waals surface area contributed by atoms with Gasteiger partial charge in [-0.15, -0.1) is 0 Å². The highest BCUT2D eigenvalue weighted by atomic mass is 79.9. The molecule has 4 nitrogen and oxygen atoms in total. The Morgan fingerprint density at radius 1 is 1.64 bits per heavy atom. The number of halogens is 1. The fourth-order valence-corrected chi connectivity index (χ4v) is 1.82. The zero-order valence-electron chi connectivity index (χ0n) is 7.24. The number of furan rings is 1. The molecule has 2 heterocycles. The first kappa shape index (κ1) is 9.21. The minimum Gasteiger partial charge on any atom is -0.475 e. The Labute approximate surface area is 87.7 Å². The number of aromatic carboxylic acids is 1. The number of rotatable bonds is 1. The lowest BCUT2D eigenvalue weighted by Crippen LogP contribution is -1.93. The van der Waals surface area contributed by atoms with Crippen molar-refractivity contribution in [1.29, 1.82) is 0 Å². The van der Waals surface area contributed by atoms with Crippen molar-refractivity contribution in [3.05, 3.63) is 28.2 Å². The molecule has 72 valence electrons. The van der Waals surface area contributed by atoms with Gasteiger partial charge >= 0.3 is 5.97 Å². The molecule has 2 rings (SSSR count). The lowest BCUT2D eigenvalue weighted by atomic mass is 10.2. The third kappa shape index (κ3) is 1.21. The Hall–Kier alpha value is -1.36. The summed E-state index contributed by atoms with van der Waals surface area (Å²) >= 11 is 3.18. The molecule has 5 heteroatoms. The van der Waals surface area contributed by atoms with E-state index in [1.54, 1.807) is 19.2 Å². The van der Waals surface area contributed by atoms with Crippen molar-refractivity contribution in [1.82, 2.24) is 4.98 Å². The standard InChI is InChI=1S/C9H6BrNO3/c1-4-7-5(2-3-11-4)6(10)8(14-7)9(12)13/h2-3H,1H3,(H,12,13). The molecule has 0 aliphatic heterocycles. The first-order valence-electron chi connectivity index (χ1n) is 3.88. The number of carboxylic acid groups (broad SMARTS) is 1. The van der Waals surface area contributed by atoms with Gasteiger partial charge < -0.3 is 9.52 Å². The number of pyridine rings is 1. The van der Waals surface area contributed by atoms with Gasteiger partial charge in [0.1, 0.15) is 0 Å². The molecule has 0 atom stereocenters. The Morgan fingerprint density at radius 3 is 2.93 bits per heavy atom. The fraction of sp³-hybridized carbons (Fsp3) is 0.111. The van der Waals surface area contributed by atoms with E-state index in [1.807, 2.05) is 0 Å². The first-order valence-corrected chi connectivity index (χ1v) is 4.67. The summed E-state index contributed by atoms with van der Waals surface area (Å²) in [5.41, 5.74) is 1.19. The topological polar surface area (TPSA) is 63.3 Å². The van der Waals surface area contributed by atoms with Crippen molar-refractivity contribution < 1.29 is 14.3 Å². The molecular weight excluding hydrogens is 250 g/mol. The summed E-state index contributed by atoms with van der Waals surface area (Å²) in [6.45, 7) is 1.77. The van der Waals surface area contributed by atoms with Crippen LogP contribution in [0.2, 0.25) is 0 Å². The lowest BCUT2D eigenvalue weighted by molar-refractivity contribution is 0.0663. The molecule has 0 saturated carbocycles. The molecule has 0 saturated heterocycles. The van der Waals surface area contributed by atoms with Crippen LogP contribution in [-0.4, -0.2) is 16.1 Å². The van der Waals surface area contributed by atoms with E-state index in [2.05, 4.69) is 20.9 Å². The van der Waals surface area contributed by atoms with Gasteiger partial charge in [-0.25, -0.2) is 4.79 Å². The number of carbonyl (C=O) groups is 1. The number of hydrogen-bond acceptors (Lipinski definition) is 3. The van der Waals surface area contributed by atoms with Crippen molar-refractivity contribution in [3.63, 3.8) is 0 Å². The van der Waals surface area contributed by atoms with Gasteiger partial charge in [0, 0.05) is 11.6 Å². The largest absolute Gasteiger partial charge is 0.475 e. The molecule has 0 aromatic carbocycles. The van der Waals surface area contributed by atoms with Gasteiger partial charge in [0.15, 0.2) is 5.58 Å². The average molecular weight is 256 g/mol. The third-order valence-corrected chi connectivity index (χ3v) is 2.70. The number of carboxylic acids is 1. The maximum Gasteiger partial charge on any atom is 0.373 e. The molecule has 2 aromatic rings. The van der Waals surface area contributed by atoms with Gasteiger partial charge in [-0.2, -0.15) is 0 Å². The van der Waals surface area contributed by atoms with E-state index in [4.69, 9.17) is 9.52 Å². The minimum absolute atomic E-state index is 0.0869. The molecule has 0 unspecified atom stereocenters. The lowest BCUT2D eigenvalue weighted by Gasteiger charge is -1.90. The molecule has 2 aromatic heterocycles. The summed E-state index contributed by atoms with van der Waals surface area (Å²) < 4.78 is 5.65. The van der Waals surface area contributed by atoms with E-state index in [0.717, 1.165) is 5.39 Å². The smallest absolute Gasteiger partial charge is 0.373 e. The summed E-state index contributed by atoms with van der Waals surface area (Å²) in [6, 6.07) is 1.71. The fourth-order valence-electron chi connectivity index (χ4n) is 1.26. The van der Waals surface area contributed by atoms with Gasteiger partial charge in [-0.3, -0.25) is 4.98 Å². The SMILES string of the molecule is Cc1nccc2c(Br)c(C(=O)O)oc12. The molecular formula is C9H6BrNO3. The first-order chi connectivity index (χ1) is 6.61. The molecule has 0 aliphatic carbocycles. The van der Waals surface area contributed by atoms with E-state index in [0.29, 0.717) is 15.7 Å². The molecule has 0 amide bonds. The normalized spacial score (nSPS) is 10.7. The van der Waals surface area contributed by atoms with Crippen LogP contribution in [0.15, 0.2) is 21.2 Å². The van der Waals surface area contributed by atoms with E-state index in [1.165, 1.54) is 0 Å². The van der Waals surface area contributed by atoms with Crippen molar-refractivity contribution in [3.8, 4) is 0 Å². The molecule has 0 radical (unpaired) electrons. The Bertz CT molecular complexity index is 518. The number of nitrogens with zero attached hydrogens (tertiary/aromatic N) is 1. The van der Waals surface area contributed by atoms with E-state index in [9.17, 15) is 4.79 Å². The van der Waals surface area contributed by atoms with Gasteiger partial charge in [0.2, 0.25) is 5.76 Å². The van der Waals surface area contributed by atoms with Crippen LogP contribution in [0.3, 0.4) is 0 Å². The van der Waals surface area contributed by atoms with Crippen molar-refractivity contribution >= 4 is 32.9 Å². The van der Waals surface area contributed by atoms with Gasteiger partial charge in [0.25, 0.3) is 0 Å². The monoisotopic (exact) mass is 255 g/mol. The zero-order valence-corrected chi connectivity index (χ0v) is 8.83. The second kappa shape index (κ2) is 3.09. The number of fused-ring (bicyclic) bond motifs is 1. The van der Waals surface area contributed by atoms with Crippen LogP contribution in [0.4, 0.5) is 0 Å². The maximum atomic E-state index is 10.8. The van der Waals surface area contributed by atoms with Crippen molar-refractivity contribution in [2.24, 2.45) is 0 Å². The highest BCUT2D eigenvalue weighted by molar-refractivity contribution is 9.10. The van der Waals surface area contributed by atoms with Gasteiger partial charge in [-0.05, 0) is 28.9 Å². The van der Waals surface area contributed by atoms with Crippen LogP contribution in [0.5, 0.6) is 0 Å². The highest BCUT2D eigenvalue weighted by Gasteiger charge is 2.18. The predicted octanol–water partition coefficient (Wildman–Crippen LogP) is 2.60. The number of hydrogen-bond donors (Lipinski definition) is 1. The van der Waals surface area contributed by atoms with Crippen LogP contribution in [-0.2, 0) is 0 Å². The maximum absolute atomic E-state index is 10.8. The molecule has 0 aliphatic rings. The van der Waals surface area contributed by atoms with Gasteiger partial charge in [-0.1, -0.05) is 0 Å². The summed E-state index contributed by atoms with van der Waals surface area (Å²) in [4.78, 5) is 14.8. The second-order valence-corrected chi connectivity index (χ2v) is 3.62. The van der Waals surface area contributed by atoms with Crippen LogP contribution in [0.25, 0.3) is 11.0 Å². The third-order valence-electron chi connectivity index (χ3n) is 1.92. The van der Waals surface area contributed by atoms with Crippen LogP contribution in [0.1, 0.15) is 16.2 Å². The van der Waals surface area contributed by atoms with E-state index in [-0.39, 0.29) is 5.76 Å². The van der Waals surface area contributed by atoms with E-state index < -0.39 is 5.97 Å². The summed E-state index contributed by atoms with van der Waals surface area (Å²) in [6.07, 6.45) is 1.61. The van der Waals surface area contributed by atoms with Crippen molar-refractivity contribution in [2.75, 3.05) is 0 Å². The Balaban J connectivity index is 2.86. The molecule has 0 bridgehead atoms. The summed E-state index contributed by atoms with van der Waals surface area (Å²) in [5, 5.41) is 9.54.